The predicted octanol–water partition coefficient (Wildman–Crippen LogP) is 17.7. The first kappa shape index (κ1) is 95.2. The quantitative estimate of drug-likeness (QED) is 0.00594. The molecule has 102 heavy (non-hydrogen) atoms. The minimum atomic E-state index is -2.24. The number of nitrogen functional groups attached to an aromatic ring is 2. The van der Waals surface area contributed by atoms with E-state index < -0.39 is 29.6 Å². The zero-order valence-electron chi connectivity index (χ0n) is 62.9. The number of nitrogens with one attached hydrogen (secondary N) is 3. The zero-order valence-corrected chi connectivity index (χ0v) is 71.6. The van der Waals surface area contributed by atoms with Crippen LogP contribution in [-0.4, -0.2) is 116 Å². The molecule has 7 aromatic heterocycles. The van der Waals surface area contributed by atoms with Crippen molar-refractivity contribution in [1.82, 2.24) is 39.9 Å². The van der Waals surface area contributed by atoms with Gasteiger partial charge in [-0.3, -0.25) is 44.5 Å². The fourth-order valence-corrected chi connectivity index (χ4v) is 23.9. The number of halogens is 4. The third-order valence-corrected chi connectivity index (χ3v) is 32.3. The van der Waals surface area contributed by atoms with Crippen LogP contribution in [0.5, 0.6) is 0 Å². The largest absolute Gasteiger partial charge is 0.398 e. The molecule has 0 bridgehead atoms. The minimum absolute atomic E-state index is 0.0166. The fraction of sp³-hybridized carbons (Fsp3) is 0.427. The maximum atomic E-state index is 11.0. The summed E-state index contributed by atoms with van der Waals surface area (Å²) in [7, 11) is 0. The Labute approximate surface area is 646 Å². The van der Waals surface area contributed by atoms with Gasteiger partial charge in [0.2, 0.25) is 11.8 Å². The topological polar surface area (TPSA) is 356 Å². The molecule has 0 fully saturated rings. The second kappa shape index (κ2) is 49.0. The number of carbonyl (C=O) groups is 4. The number of unbranched alkanes of at least 4 members (excludes halogenated alkanes) is 3. The van der Waals surface area contributed by atoms with E-state index in [9.17, 15) is 24.3 Å². The van der Waals surface area contributed by atoms with Gasteiger partial charge < -0.3 is 42.8 Å². The van der Waals surface area contributed by atoms with Crippen LogP contribution in [0.4, 0.5) is 22.7 Å². The molecule has 7 aromatic rings. The SMILES string of the molecule is C=C(OCC)c1cc(NC(C)=O)c(C)cn1.C=[C](OCC)[Sn]([CH2]CCC)([CH2]CCC)[CH2]CCC.CC(=O)Nc1cc(Cl)ncc1C.CC(=O)c1cc(I)c(C)cn1.CC(=O)c1cc(N)c(C)cn1.CC(C)(O)C(=N)N.Cc1cnc(-c2ccnc(C(C)(C)O)n2)cc1I.Cc1cnc(Cl)cc1N. The van der Waals surface area contributed by atoms with Crippen LogP contribution in [0.15, 0.2) is 103 Å². The average Bonchev–Trinajstić information content (AvgIpc) is 0.832. The Kier molecular flexibility index (Phi) is 45.7. The van der Waals surface area contributed by atoms with Gasteiger partial charge in [-0.2, -0.15) is 0 Å². The Morgan fingerprint density at radius 3 is 1.34 bits per heavy atom. The Morgan fingerprint density at radius 2 is 0.951 bits per heavy atom. The summed E-state index contributed by atoms with van der Waals surface area (Å²) in [4.78, 5) is 75.9. The fourth-order valence-electron chi connectivity index (χ4n) is 8.11. The summed E-state index contributed by atoms with van der Waals surface area (Å²) in [5, 5.41) is 31.5. The third-order valence-electron chi connectivity index (χ3n) is 14.5. The van der Waals surface area contributed by atoms with Gasteiger partial charge in [0.1, 0.15) is 50.2 Å². The molecular formula is C75H108Cl2I2N14O8Sn. The number of nitrogens with zero attached hydrogens (tertiary/aromatic N) is 8. The van der Waals surface area contributed by atoms with E-state index in [4.69, 9.17) is 60.4 Å². The Hall–Kier alpha value is -6.83. The number of hydrogen-bond acceptors (Lipinski definition) is 19. The van der Waals surface area contributed by atoms with Crippen molar-refractivity contribution < 1.29 is 38.9 Å². The monoisotopic (exact) mass is 1780 g/mol. The van der Waals surface area contributed by atoms with Crippen LogP contribution in [0, 0.1) is 54.1 Å². The third kappa shape index (κ3) is 38.1. The second-order valence-corrected chi connectivity index (χ2v) is 41.0. The van der Waals surface area contributed by atoms with E-state index in [0.29, 0.717) is 62.6 Å². The van der Waals surface area contributed by atoms with Crippen molar-refractivity contribution in [3.05, 3.63) is 177 Å². The predicted molar refractivity (Wildman–Crippen MR) is 438 cm³/mol. The van der Waals surface area contributed by atoms with Crippen LogP contribution in [0.1, 0.15) is 194 Å². The molecule has 0 atom stereocenters. The first-order chi connectivity index (χ1) is 47.5. The van der Waals surface area contributed by atoms with Crippen LogP contribution in [-0.2, 0) is 24.7 Å². The van der Waals surface area contributed by atoms with Crippen molar-refractivity contribution in [3.8, 4) is 11.4 Å². The number of rotatable bonds is 22. The van der Waals surface area contributed by atoms with Crippen molar-refractivity contribution in [2.24, 2.45) is 5.73 Å². The zero-order chi connectivity index (χ0) is 78.3. The molecule has 0 aromatic carbocycles. The van der Waals surface area contributed by atoms with Gasteiger partial charge in [0.05, 0.1) is 18.0 Å². The standard InChI is InChI=1S/C13H14IN3O.C12H16N2O2.C8H9ClN2O.C8H8INO.C8H10N2O.C6H7ClN2.C4H10N2O.C4H7O.3C4H9.Sn/c1-8-7-16-11(6-9(8)14)10-4-5-15-12(17-10)13(2,3)18;1-5-16-9(3)12-6-11(14-10(4)15)8(2)7-13-12;1-5-4-10-8(9)3-7(5)11-6(2)12;2*1-5-4-10-8(6(2)11)3-7(5)9;1-4-3-9-6(7)2-5(4)8;1-4(2,7)3(5)6;1-3-5-4-2;3*1-3-4-2;/h4-7,18H,1-3H3;6-7H,3,5H2,1-2,4H3,(H,13,14,15);3-4H,1-2H3,(H,10,11,12);3-4H,1-2H3;3-4H,1-2H3,(H2,9,10);2-3H,1H3,(H2,8,9);7H,1-2H3,(H3,5,6);1,4H2,2H3;3*1,3-4H2,2H3;. The molecular weight excluding hydrogens is 1670 g/mol. The van der Waals surface area contributed by atoms with Crippen LogP contribution >= 0.6 is 68.4 Å². The molecule has 0 aliphatic heterocycles. The van der Waals surface area contributed by atoms with Gasteiger partial charge in [0, 0.05) is 101 Å². The van der Waals surface area contributed by atoms with Crippen LogP contribution in [0.25, 0.3) is 17.1 Å². The Bertz CT molecular complexity index is 3770. The number of amides is 2. The molecule has 0 aliphatic carbocycles. The first-order valence-corrected chi connectivity index (χ1v) is 43.7. The van der Waals surface area contributed by atoms with Crippen LogP contribution < -0.4 is 27.8 Å². The normalized spacial score (nSPS) is 10.4. The van der Waals surface area contributed by atoms with E-state index >= 15 is 0 Å². The van der Waals surface area contributed by atoms with Crippen molar-refractivity contribution in [2.45, 2.75) is 195 Å². The molecule has 558 valence electrons. The number of ketones is 2. The summed E-state index contributed by atoms with van der Waals surface area (Å²) in [5.41, 5.74) is 25.5. The van der Waals surface area contributed by atoms with E-state index in [0.717, 1.165) is 64.2 Å². The minimum Gasteiger partial charge on any atom is -0.398 e. The van der Waals surface area contributed by atoms with E-state index in [1.165, 1.54) is 97.2 Å². The Morgan fingerprint density at radius 1 is 0.559 bits per heavy atom. The van der Waals surface area contributed by atoms with E-state index in [1.807, 2.05) is 60.7 Å². The number of hydrogen-bond donors (Lipinski definition) is 8. The van der Waals surface area contributed by atoms with Gasteiger partial charge in [-0.15, -0.1) is 0 Å². The van der Waals surface area contributed by atoms with Gasteiger partial charge in [0.15, 0.2) is 17.4 Å². The van der Waals surface area contributed by atoms with Gasteiger partial charge in [-0.25, -0.2) is 19.9 Å². The number of amidine groups is 1. The van der Waals surface area contributed by atoms with Gasteiger partial charge in [-0.1, -0.05) is 29.8 Å². The summed E-state index contributed by atoms with van der Waals surface area (Å²) in [5.74, 6) is 0.446. The van der Waals surface area contributed by atoms with E-state index in [1.54, 1.807) is 87.4 Å². The smallest absolute Gasteiger partial charge is 0.221 e. The summed E-state index contributed by atoms with van der Waals surface area (Å²) in [6.45, 7) is 44.0. The number of aromatic nitrogens is 8. The van der Waals surface area contributed by atoms with Gasteiger partial charge in [-0.05, 0) is 197 Å². The summed E-state index contributed by atoms with van der Waals surface area (Å²) in [6, 6.07) is 12.2. The van der Waals surface area contributed by atoms with Crippen molar-refractivity contribution >= 4 is 144 Å². The van der Waals surface area contributed by atoms with Crippen molar-refractivity contribution in [1.29, 1.82) is 5.41 Å². The molecule has 11 N–H and O–H groups in total. The van der Waals surface area contributed by atoms with Crippen molar-refractivity contribution in [2.75, 3.05) is 35.3 Å². The van der Waals surface area contributed by atoms with Gasteiger partial charge >= 0.3 is 120 Å². The molecule has 0 saturated carbocycles. The number of aryl methyl sites for hydroxylation is 6. The molecule has 22 nitrogen and oxygen atoms in total. The van der Waals surface area contributed by atoms with Crippen LogP contribution in [0.2, 0.25) is 23.6 Å². The van der Waals surface area contributed by atoms with Gasteiger partial charge in [0.25, 0.3) is 0 Å². The molecule has 0 unspecified atom stereocenters. The van der Waals surface area contributed by atoms with E-state index in [-0.39, 0.29) is 29.2 Å². The number of aliphatic hydroxyl groups is 2. The molecule has 0 saturated heterocycles. The molecule has 2 amide bonds. The summed E-state index contributed by atoms with van der Waals surface area (Å²) < 4.78 is 19.0. The number of carbonyl (C=O) groups excluding carboxylic acids is 4. The second-order valence-electron chi connectivity index (χ2n) is 24.7. The van der Waals surface area contributed by atoms with Crippen LogP contribution in [0.3, 0.4) is 0 Å². The molecule has 0 spiro atoms. The number of Topliss-reactive ketones (excluding diaryl/α,β-unsaturated/α-hetero) is 2. The summed E-state index contributed by atoms with van der Waals surface area (Å²) in [6.07, 6.45) is 19.8. The summed E-state index contributed by atoms with van der Waals surface area (Å²) >= 11 is 13.4. The van der Waals surface area contributed by atoms with Crippen molar-refractivity contribution in [3.63, 3.8) is 0 Å². The Balaban J connectivity index is 0.00000116. The molecule has 7 heterocycles. The average molecular weight is 1780 g/mol. The number of nitrogens with two attached hydrogens (primary N) is 3. The molecule has 0 radical (unpaired) electrons. The number of anilines is 4. The first-order valence-electron chi connectivity index (χ1n) is 33.3. The maximum Gasteiger partial charge on any atom is 0.221 e. The van der Waals surface area contributed by atoms with E-state index in [2.05, 4.69) is 137 Å². The number of ether oxygens (including phenoxy) is 2. The molecule has 0 aliphatic rings. The molecule has 27 heteroatoms. The maximum absolute atomic E-state index is 11.0. The number of pyridine rings is 6. The molecule has 7 rings (SSSR count).